The second kappa shape index (κ2) is 11.4. The van der Waals surface area contributed by atoms with E-state index in [9.17, 15) is 0 Å². The zero-order chi connectivity index (χ0) is 36.1. The zero-order valence-corrected chi connectivity index (χ0v) is 29.9. The smallest absolute Gasteiger partial charge is 0.143 e. The standard InChI is InChI=1S/C53H33NO/c1-3-13-34(14-4-1)35-23-26-38(27-24-35)54(37-16-5-2-6-17-37)39-28-30-41-43-29-25-36-15-7-8-18-40(36)51(43)53(48(41)33-39)46-21-11-9-20-45(46)50-47(53)32-31-44-42-19-10-12-22-49(42)55-52(44)50/h1-33H. The Morgan fingerprint density at radius 1 is 0.382 bits per heavy atom. The number of para-hydroxylation sites is 2. The van der Waals surface area contributed by atoms with Gasteiger partial charge in [-0.1, -0.05) is 158 Å². The van der Waals surface area contributed by atoms with Gasteiger partial charge in [-0.25, -0.2) is 0 Å². The van der Waals surface area contributed by atoms with Gasteiger partial charge in [0.25, 0.3) is 0 Å². The van der Waals surface area contributed by atoms with Crippen molar-refractivity contribution in [3.05, 3.63) is 222 Å². The van der Waals surface area contributed by atoms with E-state index < -0.39 is 5.41 Å². The summed E-state index contributed by atoms with van der Waals surface area (Å²) >= 11 is 0. The van der Waals surface area contributed by atoms with Crippen LogP contribution in [0.25, 0.3) is 66.1 Å². The van der Waals surface area contributed by atoms with E-state index in [0.29, 0.717) is 0 Å². The number of fused-ring (bicyclic) bond motifs is 16. The number of rotatable bonds is 4. The summed E-state index contributed by atoms with van der Waals surface area (Å²) in [6.07, 6.45) is 0. The Hall–Kier alpha value is -7.16. The number of anilines is 3. The number of nitrogens with zero attached hydrogens (tertiary/aromatic N) is 1. The van der Waals surface area contributed by atoms with E-state index in [1.165, 1.54) is 66.4 Å². The van der Waals surface area contributed by atoms with E-state index in [1.54, 1.807) is 0 Å². The van der Waals surface area contributed by atoms with E-state index in [4.69, 9.17) is 4.42 Å². The second-order valence-corrected chi connectivity index (χ2v) is 14.8. The largest absolute Gasteiger partial charge is 0.455 e. The van der Waals surface area contributed by atoms with Crippen molar-refractivity contribution in [3.63, 3.8) is 0 Å². The predicted molar refractivity (Wildman–Crippen MR) is 228 cm³/mol. The lowest BCUT2D eigenvalue weighted by Crippen LogP contribution is -2.26. The summed E-state index contributed by atoms with van der Waals surface area (Å²) in [5.74, 6) is 0. The number of hydrogen-bond donors (Lipinski definition) is 0. The molecule has 256 valence electrons. The van der Waals surface area contributed by atoms with Gasteiger partial charge < -0.3 is 9.32 Å². The van der Waals surface area contributed by atoms with Crippen LogP contribution < -0.4 is 4.90 Å². The molecule has 0 saturated carbocycles. The molecule has 10 aromatic rings. The lowest BCUT2D eigenvalue weighted by molar-refractivity contribution is 0.669. The van der Waals surface area contributed by atoms with Crippen LogP contribution in [0.5, 0.6) is 0 Å². The van der Waals surface area contributed by atoms with Gasteiger partial charge in [0, 0.05) is 33.4 Å². The minimum atomic E-state index is -0.569. The van der Waals surface area contributed by atoms with Crippen LogP contribution in [0.2, 0.25) is 0 Å². The zero-order valence-electron chi connectivity index (χ0n) is 29.9. The summed E-state index contributed by atoms with van der Waals surface area (Å²) in [5.41, 5.74) is 17.2. The minimum Gasteiger partial charge on any atom is -0.455 e. The van der Waals surface area contributed by atoms with Crippen molar-refractivity contribution in [2.24, 2.45) is 0 Å². The fourth-order valence-corrected chi connectivity index (χ4v) is 9.81. The summed E-state index contributed by atoms with van der Waals surface area (Å²) in [4.78, 5) is 2.40. The summed E-state index contributed by atoms with van der Waals surface area (Å²) in [6.45, 7) is 0. The third-order valence-electron chi connectivity index (χ3n) is 12.1. The van der Waals surface area contributed by atoms with Gasteiger partial charge in [-0.2, -0.15) is 0 Å². The average Bonchev–Trinajstić information content (AvgIpc) is 3.89. The Kier molecular flexibility index (Phi) is 6.29. The Morgan fingerprint density at radius 2 is 1.04 bits per heavy atom. The molecular weight excluding hydrogens is 667 g/mol. The Bertz CT molecular complexity index is 3140. The highest BCUT2D eigenvalue weighted by atomic mass is 16.3. The highest BCUT2D eigenvalue weighted by molar-refractivity contribution is 6.14. The average molecular weight is 700 g/mol. The SMILES string of the molecule is c1ccc(-c2ccc(N(c3ccccc3)c3ccc4c(c3)C3(c5ccccc5-c5c3ccc3c5oc5ccccc53)c3c-4ccc4ccccc34)cc2)cc1. The van der Waals surface area contributed by atoms with Gasteiger partial charge in [-0.05, 0) is 103 Å². The van der Waals surface area contributed by atoms with Crippen molar-refractivity contribution in [2.45, 2.75) is 5.41 Å². The lowest BCUT2D eigenvalue weighted by atomic mass is 9.69. The second-order valence-electron chi connectivity index (χ2n) is 14.8. The van der Waals surface area contributed by atoms with Gasteiger partial charge in [0.15, 0.2) is 0 Å². The van der Waals surface area contributed by atoms with Crippen molar-refractivity contribution >= 4 is 49.8 Å². The number of hydrogen-bond acceptors (Lipinski definition) is 2. The number of furan rings is 1. The summed E-state index contributed by atoms with van der Waals surface area (Å²) in [7, 11) is 0. The van der Waals surface area contributed by atoms with Gasteiger partial charge in [-0.3, -0.25) is 0 Å². The molecule has 2 aliphatic rings. The molecule has 2 heteroatoms. The quantitative estimate of drug-likeness (QED) is 0.182. The van der Waals surface area contributed by atoms with Crippen molar-refractivity contribution in [1.29, 1.82) is 0 Å². The topological polar surface area (TPSA) is 16.4 Å². The first-order chi connectivity index (χ1) is 27.3. The summed E-state index contributed by atoms with van der Waals surface area (Å²) in [6, 6.07) is 73.1. The maximum Gasteiger partial charge on any atom is 0.143 e. The Morgan fingerprint density at radius 3 is 1.89 bits per heavy atom. The molecule has 1 spiro atoms. The molecule has 1 aromatic heterocycles. The molecule has 2 nitrogen and oxygen atoms in total. The fraction of sp³-hybridized carbons (Fsp3) is 0.0189. The molecule has 0 fully saturated rings. The number of benzene rings is 9. The molecule has 1 unspecified atom stereocenters. The highest BCUT2D eigenvalue weighted by Gasteiger charge is 2.53. The molecule has 55 heavy (non-hydrogen) atoms. The summed E-state index contributed by atoms with van der Waals surface area (Å²) in [5, 5.41) is 4.83. The summed E-state index contributed by atoms with van der Waals surface area (Å²) < 4.78 is 6.83. The van der Waals surface area contributed by atoms with E-state index >= 15 is 0 Å². The van der Waals surface area contributed by atoms with E-state index in [2.05, 4.69) is 205 Å². The van der Waals surface area contributed by atoms with Gasteiger partial charge >= 0.3 is 0 Å². The predicted octanol–water partition coefficient (Wildman–Crippen LogP) is 14.2. The Labute approximate surface area is 319 Å². The van der Waals surface area contributed by atoms with Crippen LogP contribution in [-0.4, -0.2) is 0 Å². The van der Waals surface area contributed by atoms with Crippen molar-refractivity contribution in [1.82, 2.24) is 0 Å². The highest BCUT2D eigenvalue weighted by Crippen LogP contribution is 2.65. The van der Waals surface area contributed by atoms with Crippen LogP contribution in [0.3, 0.4) is 0 Å². The Balaban J connectivity index is 1.16. The van der Waals surface area contributed by atoms with Crippen LogP contribution in [-0.2, 0) is 5.41 Å². The third-order valence-corrected chi connectivity index (χ3v) is 12.1. The van der Waals surface area contributed by atoms with Crippen molar-refractivity contribution in [2.75, 3.05) is 4.90 Å². The van der Waals surface area contributed by atoms with Crippen LogP contribution in [0.15, 0.2) is 205 Å². The molecule has 0 amide bonds. The normalized spacial score (nSPS) is 15.0. The molecule has 0 saturated heterocycles. The molecular formula is C53H33NO. The lowest BCUT2D eigenvalue weighted by Gasteiger charge is -2.33. The third kappa shape index (κ3) is 4.14. The van der Waals surface area contributed by atoms with Crippen LogP contribution in [0.1, 0.15) is 22.3 Å². The minimum absolute atomic E-state index is 0.569. The first-order valence-electron chi connectivity index (χ1n) is 19.0. The molecule has 12 rings (SSSR count). The first kappa shape index (κ1) is 30.3. The van der Waals surface area contributed by atoms with E-state index in [1.807, 2.05) is 0 Å². The molecule has 2 aliphatic carbocycles. The van der Waals surface area contributed by atoms with Gasteiger partial charge in [0.2, 0.25) is 0 Å². The molecule has 0 bridgehead atoms. The molecule has 0 N–H and O–H groups in total. The van der Waals surface area contributed by atoms with Crippen LogP contribution in [0.4, 0.5) is 17.1 Å². The molecule has 1 heterocycles. The first-order valence-corrected chi connectivity index (χ1v) is 19.0. The van der Waals surface area contributed by atoms with E-state index in [0.717, 1.165) is 39.0 Å². The van der Waals surface area contributed by atoms with Gasteiger partial charge in [0.05, 0.1) is 5.41 Å². The molecule has 1 atom stereocenters. The van der Waals surface area contributed by atoms with Crippen molar-refractivity contribution in [3.8, 4) is 33.4 Å². The molecule has 0 radical (unpaired) electrons. The monoisotopic (exact) mass is 699 g/mol. The molecule has 9 aromatic carbocycles. The van der Waals surface area contributed by atoms with Crippen LogP contribution in [0, 0.1) is 0 Å². The van der Waals surface area contributed by atoms with E-state index in [-0.39, 0.29) is 0 Å². The molecule has 0 aliphatic heterocycles. The van der Waals surface area contributed by atoms with Crippen molar-refractivity contribution < 1.29 is 4.42 Å². The van der Waals surface area contributed by atoms with Gasteiger partial charge in [0.1, 0.15) is 11.2 Å². The van der Waals surface area contributed by atoms with Crippen LogP contribution >= 0.6 is 0 Å². The maximum atomic E-state index is 6.83. The fourth-order valence-electron chi connectivity index (χ4n) is 9.81. The maximum absolute atomic E-state index is 6.83. The van der Waals surface area contributed by atoms with Gasteiger partial charge in [-0.15, -0.1) is 0 Å².